The zero-order valence-corrected chi connectivity index (χ0v) is 16.8. The van der Waals surface area contributed by atoms with Crippen molar-refractivity contribution < 1.29 is 4.74 Å². The Morgan fingerprint density at radius 1 is 1.07 bits per heavy atom. The first kappa shape index (κ1) is 18.3. The molecule has 0 atom stereocenters. The zero-order chi connectivity index (χ0) is 19.8. The molecule has 1 aliphatic rings. The molecule has 1 fully saturated rings. The number of fused-ring (bicyclic) bond motifs is 1. The van der Waals surface area contributed by atoms with Gasteiger partial charge in [-0.15, -0.1) is 0 Å². The van der Waals surface area contributed by atoms with Crippen LogP contribution in [-0.4, -0.2) is 52.6 Å². The van der Waals surface area contributed by atoms with E-state index in [-0.39, 0.29) is 11.6 Å². The highest BCUT2D eigenvalue weighted by molar-refractivity contribution is 5.75. The van der Waals surface area contributed by atoms with Crippen LogP contribution in [0.1, 0.15) is 19.9 Å². The molecule has 0 N–H and O–H groups in total. The average Bonchev–Trinajstić information content (AvgIpc) is 3.15. The van der Waals surface area contributed by atoms with Crippen LogP contribution in [-0.2, 0) is 7.05 Å². The molecule has 0 amide bonds. The summed E-state index contributed by atoms with van der Waals surface area (Å²) in [5.41, 5.74) is 1.69. The number of benzene rings is 1. The number of hydrogen-bond donors (Lipinski definition) is 0. The standard InChI is InChI=1S/C20H26N6O2/c1-14(2)26-18-15(13-21-26)19(27)23(3)20(22-18)25-11-9-24(10-12-25)16-7-5-6-8-17(16)28-4/h5-8,13-14H,9-12H2,1-4H3. The van der Waals surface area contributed by atoms with Crippen LogP contribution in [0, 0.1) is 0 Å². The first-order valence-corrected chi connectivity index (χ1v) is 9.58. The fourth-order valence-electron chi connectivity index (χ4n) is 3.76. The molecule has 0 radical (unpaired) electrons. The lowest BCUT2D eigenvalue weighted by molar-refractivity contribution is 0.413. The molecule has 8 heteroatoms. The molecule has 3 aromatic rings. The molecule has 28 heavy (non-hydrogen) atoms. The molecule has 1 aliphatic heterocycles. The first-order chi connectivity index (χ1) is 13.5. The van der Waals surface area contributed by atoms with Crippen molar-refractivity contribution in [3.8, 4) is 5.75 Å². The van der Waals surface area contributed by atoms with Crippen LogP contribution >= 0.6 is 0 Å². The van der Waals surface area contributed by atoms with Crippen molar-refractivity contribution in [2.24, 2.45) is 7.05 Å². The lowest BCUT2D eigenvalue weighted by Gasteiger charge is -2.37. The van der Waals surface area contributed by atoms with Crippen molar-refractivity contribution in [2.75, 3.05) is 43.1 Å². The van der Waals surface area contributed by atoms with Crippen LogP contribution in [0.5, 0.6) is 5.75 Å². The van der Waals surface area contributed by atoms with E-state index in [4.69, 9.17) is 9.72 Å². The van der Waals surface area contributed by atoms with Crippen LogP contribution in [0.4, 0.5) is 11.6 Å². The molecule has 1 saturated heterocycles. The van der Waals surface area contributed by atoms with Gasteiger partial charge in [0.2, 0.25) is 5.95 Å². The van der Waals surface area contributed by atoms with Gasteiger partial charge in [0.1, 0.15) is 11.1 Å². The number of piperazine rings is 1. The molecule has 4 rings (SSSR count). The molecule has 148 valence electrons. The number of ether oxygens (including phenoxy) is 1. The third-order valence-corrected chi connectivity index (χ3v) is 5.29. The van der Waals surface area contributed by atoms with Crippen LogP contribution < -0.4 is 20.1 Å². The van der Waals surface area contributed by atoms with Gasteiger partial charge >= 0.3 is 0 Å². The number of hydrogen-bond acceptors (Lipinski definition) is 6. The SMILES string of the molecule is COc1ccccc1N1CCN(c2nc3c(cnn3C(C)C)c(=O)n2C)CC1. The van der Waals surface area contributed by atoms with E-state index in [2.05, 4.69) is 21.0 Å². The molecule has 0 aliphatic carbocycles. The van der Waals surface area contributed by atoms with E-state index in [1.165, 1.54) is 0 Å². The summed E-state index contributed by atoms with van der Waals surface area (Å²) in [6.07, 6.45) is 1.62. The Kier molecular flexibility index (Phi) is 4.70. The largest absolute Gasteiger partial charge is 0.495 e. The van der Waals surface area contributed by atoms with Crippen molar-refractivity contribution >= 4 is 22.7 Å². The Labute approximate surface area is 164 Å². The Hall–Kier alpha value is -3.03. The second kappa shape index (κ2) is 7.18. The second-order valence-electron chi connectivity index (χ2n) is 7.34. The van der Waals surface area contributed by atoms with Gasteiger partial charge in [0.05, 0.1) is 19.0 Å². The van der Waals surface area contributed by atoms with E-state index in [0.717, 1.165) is 37.6 Å². The van der Waals surface area contributed by atoms with Gasteiger partial charge in [-0.25, -0.2) is 4.68 Å². The minimum atomic E-state index is -0.0564. The van der Waals surface area contributed by atoms with Gasteiger partial charge in [-0.1, -0.05) is 12.1 Å². The summed E-state index contributed by atoms with van der Waals surface area (Å²) in [5, 5.41) is 4.92. The van der Waals surface area contributed by atoms with Crippen LogP contribution in [0.3, 0.4) is 0 Å². The van der Waals surface area contributed by atoms with Gasteiger partial charge < -0.3 is 14.5 Å². The molecule has 0 saturated carbocycles. The number of nitrogens with zero attached hydrogens (tertiary/aromatic N) is 6. The van der Waals surface area contributed by atoms with Crippen molar-refractivity contribution in [2.45, 2.75) is 19.9 Å². The summed E-state index contributed by atoms with van der Waals surface area (Å²) in [4.78, 5) is 22.1. The highest BCUT2D eigenvalue weighted by atomic mass is 16.5. The molecule has 1 aromatic carbocycles. The highest BCUT2D eigenvalue weighted by Gasteiger charge is 2.24. The van der Waals surface area contributed by atoms with Gasteiger partial charge in [0.25, 0.3) is 5.56 Å². The lowest BCUT2D eigenvalue weighted by atomic mass is 10.2. The third kappa shape index (κ3) is 2.98. The molecular formula is C20H26N6O2. The molecule has 8 nitrogen and oxygen atoms in total. The van der Waals surface area contributed by atoms with Crippen molar-refractivity contribution in [3.05, 3.63) is 40.8 Å². The van der Waals surface area contributed by atoms with Crippen molar-refractivity contribution in [1.29, 1.82) is 0 Å². The molecule has 2 aromatic heterocycles. The van der Waals surface area contributed by atoms with E-state index >= 15 is 0 Å². The van der Waals surface area contributed by atoms with E-state index in [9.17, 15) is 4.79 Å². The normalized spacial score (nSPS) is 14.9. The Morgan fingerprint density at radius 3 is 2.43 bits per heavy atom. The summed E-state index contributed by atoms with van der Waals surface area (Å²) in [5.74, 6) is 1.57. The summed E-state index contributed by atoms with van der Waals surface area (Å²) in [6, 6.07) is 8.21. The number of aromatic nitrogens is 4. The predicted octanol–water partition coefficient (Wildman–Crippen LogP) is 2.05. The summed E-state index contributed by atoms with van der Waals surface area (Å²) >= 11 is 0. The van der Waals surface area contributed by atoms with Crippen molar-refractivity contribution in [3.63, 3.8) is 0 Å². The molecule has 0 unspecified atom stereocenters. The minimum absolute atomic E-state index is 0.0564. The molecule has 0 spiro atoms. The molecule has 0 bridgehead atoms. The quantitative estimate of drug-likeness (QED) is 0.688. The fraction of sp³-hybridized carbons (Fsp3) is 0.450. The minimum Gasteiger partial charge on any atom is -0.495 e. The Balaban J connectivity index is 1.63. The molecular weight excluding hydrogens is 356 g/mol. The zero-order valence-electron chi connectivity index (χ0n) is 16.8. The van der Waals surface area contributed by atoms with Gasteiger partial charge in [-0.05, 0) is 26.0 Å². The van der Waals surface area contributed by atoms with Crippen molar-refractivity contribution in [1.82, 2.24) is 19.3 Å². The van der Waals surface area contributed by atoms with Crippen LogP contribution in [0.2, 0.25) is 0 Å². The Bertz CT molecular complexity index is 1050. The maximum Gasteiger partial charge on any atom is 0.265 e. The van der Waals surface area contributed by atoms with E-state index < -0.39 is 0 Å². The topological polar surface area (TPSA) is 68.4 Å². The van der Waals surface area contributed by atoms with E-state index in [0.29, 0.717) is 17.0 Å². The Morgan fingerprint density at radius 2 is 1.75 bits per heavy atom. The van der Waals surface area contributed by atoms with E-state index in [1.807, 2.05) is 36.7 Å². The van der Waals surface area contributed by atoms with Crippen LogP contribution in [0.15, 0.2) is 35.3 Å². The highest BCUT2D eigenvalue weighted by Crippen LogP contribution is 2.29. The summed E-state index contributed by atoms with van der Waals surface area (Å²) in [7, 11) is 3.48. The maximum absolute atomic E-state index is 12.8. The maximum atomic E-state index is 12.8. The third-order valence-electron chi connectivity index (χ3n) is 5.29. The average molecular weight is 382 g/mol. The van der Waals surface area contributed by atoms with Gasteiger partial charge in [-0.3, -0.25) is 9.36 Å². The van der Waals surface area contributed by atoms with Crippen LogP contribution in [0.25, 0.3) is 11.0 Å². The summed E-state index contributed by atoms with van der Waals surface area (Å²) in [6.45, 7) is 7.29. The fourth-order valence-corrected chi connectivity index (χ4v) is 3.76. The number of rotatable bonds is 4. The lowest BCUT2D eigenvalue weighted by Crippen LogP contribution is -2.48. The smallest absolute Gasteiger partial charge is 0.265 e. The second-order valence-corrected chi connectivity index (χ2v) is 7.34. The number of anilines is 2. The van der Waals surface area contributed by atoms with E-state index in [1.54, 1.807) is 24.9 Å². The van der Waals surface area contributed by atoms with Gasteiger partial charge in [0, 0.05) is 39.3 Å². The predicted molar refractivity (Wildman–Crippen MR) is 111 cm³/mol. The molecule has 3 heterocycles. The monoisotopic (exact) mass is 382 g/mol. The summed E-state index contributed by atoms with van der Waals surface area (Å²) < 4.78 is 8.94. The number of methoxy groups -OCH3 is 1. The number of para-hydroxylation sites is 2. The first-order valence-electron chi connectivity index (χ1n) is 9.58. The van der Waals surface area contributed by atoms with Gasteiger partial charge in [-0.2, -0.15) is 10.1 Å². The van der Waals surface area contributed by atoms with Gasteiger partial charge in [0.15, 0.2) is 5.65 Å².